The maximum atomic E-state index is 4.24. The highest BCUT2D eigenvalue weighted by Crippen LogP contribution is 2.23. The number of aromatic nitrogens is 2. The molecule has 0 saturated heterocycles. The number of halogens is 1. The standard InChI is InChI=1S/C15H19BrN4/c1-10-7-11(5-6-12(10)16)19-13-8-14(18-9-17-13)20-15(2,3)4/h5-9H,1-4H3,(H2,17,18,19,20). The van der Waals surface area contributed by atoms with E-state index in [1.807, 2.05) is 18.2 Å². The van der Waals surface area contributed by atoms with E-state index in [1.165, 1.54) is 5.56 Å². The van der Waals surface area contributed by atoms with Gasteiger partial charge in [-0.25, -0.2) is 9.97 Å². The van der Waals surface area contributed by atoms with Crippen LogP contribution in [0.2, 0.25) is 0 Å². The second-order valence-corrected chi connectivity index (χ2v) is 6.61. The van der Waals surface area contributed by atoms with E-state index in [2.05, 4.69) is 70.3 Å². The molecule has 0 radical (unpaired) electrons. The third-order valence-corrected chi connectivity index (χ3v) is 3.49. The van der Waals surface area contributed by atoms with Crippen LogP contribution in [-0.2, 0) is 0 Å². The van der Waals surface area contributed by atoms with Crippen LogP contribution >= 0.6 is 15.9 Å². The summed E-state index contributed by atoms with van der Waals surface area (Å²) in [6, 6.07) is 8.01. The average Bonchev–Trinajstić information content (AvgIpc) is 2.32. The molecule has 0 amide bonds. The van der Waals surface area contributed by atoms with Gasteiger partial charge < -0.3 is 10.6 Å². The number of rotatable bonds is 3. The van der Waals surface area contributed by atoms with Gasteiger partial charge in [-0.2, -0.15) is 0 Å². The van der Waals surface area contributed by atoms with Crippen molar-refractivity contribution < 1.29 is 0 Å². The fraction of sp³-hybridized carbons (Fsp3) is 0.333. The first kappa shape index (κ1) is 14.8. The summed E-state index contributed by atoms with van der Waals surface area (Å²) in [5.74, 6) is 1.58. The molecule has 0 aliphatic heterocycles. The Balaban J connectivity index is 2.17. The Kier molecular flexibility index (Phi) is 4.28. The van der Waals surface area contributed by atoms with Crippen molar-refractivity contribution in [3.8, 4) is 0 Å². The van der Waals surface area contributed by atoms with Gasteiger partial charge in [-0.3, -0.25) is 0 Å². The zero-order chi connectivity index (χ0) is 14.8. The molecule has 4 nitrogen and oxygen atoms in total. The van der Waals surface area contributed by atoms with Crippen LogP contribution in [0.25, 0.3) is 0 Å². The van der Waals surface area contributed by atoms with Gasteiger partial charge in [-0.15, -0.1) is 0 Å². The number of anilines is 3. The van der Waals surface area contributed by atoms with Crippen LogP contribution in [0.3, 0.4) is 0 Å². The highest BCUT2D eigenvalue weighted by atomic mass is 79.9. The van der Waals surface area contributed by atoms with Crippen molar-refractivity contribution in [3.63, 3.8) is 0 Å². The Bertz CT molecular complexity index is 605. The molecule has 0 aliphatic carbocycles. The molecule has 0 fully saturated rings. The lowest BCUT2D eigenvalue weighted by Gasteiger charge is -2.21. The minimum absolute atomic E-state index is 0.0280. The van der Waals surface area contributed by atoms with Crippen LogP contribution in [0.15, 0.2) is 35.1 Å². The summed E-state index contributed by atoms with van der Waals surface area (Å²) in [6.07, 6.45) is 1.56. The van der Waals surface area contributed by atoms with Gasteiger partial charge in [0.05, 0.1) is 0 Å². The van der Waals surface area contributed by atoms with E-state index in [0.29, 0.717) is 0 Å². The topological polar surface area (TPSA) is 49.8 Å². The molecule has 1 aromatic carbocycles. The van der Waals surface area contributed by atoms with Gasteiger partial charge in [-0.05, 0) is 51.5 Å². The van der Waals surface area contributed by atoms with Crippen molar-refractivity contribution in [1.29, 1.82) is 0 Å². The van der Waals surface area contributed by atoms with E-state index in [-0.39, 0.29) is 5.54 Å². The first-order valence-corrected chi connectivity index (χ1v) is 7.26. The van der Waals surface area contributed by atoms with Crippen molar-refractivity contribution in [2.24, 2.45) is 0 Å². The van der Waals surface area contributed by atoms with Crippen molar-refractivity contribution in [2.45, 2.75) is 33.2 Å². The van der Waals surface area contributed by atoms with Gasteiger partial charge in [0.15, 0.2) is 0 Å². The van der Waals surface area contributed by atoms with Crippen LogP contribution in [0.4, 0.5) is 17.3 Å². The predicted octanol–water partition coefficient (Wildman–Crippen LogP) is 4.50. The molecule has 5 heteroatoms. The van der Waals surface area contributed by atoms with E-state index < -0.39 is 0 Å². The van der Waals surface area contributed by atoms with Crippen LogP contribution in [0, 0.1) is 6.92 Å². The van der Waals surface area contributed by atoms with Gasteiger partial charge >= 0.3 is 0 Å². The molecule has 1 aromatic heterocycles. The van der Waals surface area contributed by atoms with E-state index in [0.717, 1.165) is 21.8 Å². The van der Waals surface area contributed by atoms with E-state index in [4.69, 9.17) is 0 Å². The summed E-state index contributed by atoms with van der Waals surface area (Å²) in [4.78, 5) is 8.47. The summed E-state index contributed by atoms with van der Waals surface area (Å²) in [7, 11) is 0. The maximum absolute atomic E-state index is 4.24. The lowest BCUT2D eigenvalue weighted by Crippen LogP contribution is -2.26. The van der Waals surface area contributed by atoms with Gasteiger partial charge in [-0.1, -0.05) is 15.9 Å². The van der Waals surface area contributed by atoms with Gasteiger partial charge in [0.25, 0.3) is 0 Å². The smallest absolute Gasteiger partial charge is 0.135 e. The molecular formula is C15H19BrN4. The third kappa shape index (κ3) is 4.20. The second-order valence-electron chi connectivity index (χ2n) is 5.75. The molecule has 20 heavy (non-hydrogen) atoms. The Hall–Kier alpha value is -1.62. The monoisotopic (exact) mass is 334 g/mol. The fourth-order valence-corrected chi connectivity index (χ4v) is 2.00. The van der Waals surface area contributed by atoms with Gasteiger partial charge in [0.1, 0.15) is 18.0 Å². The van der Waals surface area contributed by atoms with Crippen LogP contribution in [0.1, 0.15) is 26.3 Å². The Labute approximate surface area is 128 Å². The molecule has 2 aromatic rings. The predicted molar refractivity (Wildman–Crippen MR) is 87.6 cm³/mol. The summed E-state index contributed by atoms with van der Waals surface area (Å²) < 4.78 is 1.10. The second kappa shape index (κ2) is 5.79. The zero-order valence-electron chi connectivity index (χ0n) is 12.2. The molecule has 0 aliphatic rings. The Morgan fingerprint density at radius 1 is 1.05 bits per heavy atom. The van der Waals surface area contributed by atoms with E-state index in [1.54, 1.807) is 6.33 Å². The average molecular weight is 335 g/mol. The molecule has 2 rings (SSSR count). The molecule has 1 heterocycles. The quantitative estimate of drug-likeness (QED) is 0.867. The van der Waals surface area contributed by atoms with Crippen molar-refractivity contribution in [2.75, 3.05) is 10.6 Å². The SMILES string of the molecule is Cc1cc(Nc2cc(NC(C)(C)C)ncn2)ccc1Br. The number of aryl methyl sites for hydroxylation is 1. The van der Waals surface area contributed by atoms with Crippen molar-refractivity contribution in [1.82, 2.24) is 9.97 Å². The molecule has 0 unspecified atom stereocenters. The Morgan fingerprint density at radius 3 is 2.40 bits per heavy atom. The number of benzene rings is 1. The summed E-state index contributed by atoms with van der Waals surface area (Å²) >= 11 is 3.50. The lowest BCUT2D eigenvalue weighted by molar-refractivity contribution is 0.630. The first-order chi connectivity index (χ1) is 9.33. The highest BCUT2D eigenvalue weighted by Gasteiger charge is 2.10. The summed E-state index contributed by atoms with van der Waals surface area (Å²) in [5, 5.41) is 6.62. The number of nitrogens with zero attached hydrogens (tertiary/aromatic N) is 2. The molecule has 0 spiro atoms. The third-order valence-electron chi connectivity index (χ3n) is 2.60. The molecule has 2 N–H and O–H groups in total. The first-order valence-electron chi connectivity index (χ1n) is 6.47. The highest BCUT2D eigenvalue weighted by molar-refractivity contribution is 9.10. The van der Waals surface area contributed by atoms with Crippen LogP contribution in [-0.4, -0.2) is 15.5 Å². The van der Waals surface area contributed by atoms with Crippen LogP contribution < -0.4 is 10.6 Å². The van der Waals surface area contributed by atoms with Crippen molar-refractivity contribution >= 4 is 33.3 Å². The number of hydrogen-bond acceptors (Lipinski definition) is 4. The molecule has 0 saturated carbocycles. The number of nitrogens with one attached hydrogen (secondary N) is 2. The zero-order valence-corrected chi connectivity index (χ0v) is 13.7. The largest absolute Gasteiger partial charge is 0.365 e. The maximum Gasteiger partial charge on any atom is 0.135 e. The normalized spacial score (nSPS) is 11.2. The Morgan fingerprint density at radius 2 is 1.75 bits per heavy atom. The van der Waals surface area contributed by atoms with E-state index in [9.17, 15) is 0 Å². The molecule has 0 bridgehead atoms. The van der Waals surface area contributed by atoms with Gasteiger partial charge in [0.2, 0.25) is 0 Å². The van der Waals surface area contributed by atoms with Crippen molar-refractivity contribution in [3.05, 3.63) is 40.6 Å². The molecule has 106 valence electrons. The molecule has 0 atom stereocenters. The van der Waals surface area contributed by atoms with Crippen LogP contribution in [0.5, 0.6) is 0 Å². The minimum atomic E-state index is -0.0280. The van der Waals surface area contributed by atoms with E-state index >= 15 is 0 Å². The summed E-state index contributed by atoms with van der Waals surface area (Å²) in [5.41, 5.74) is 2.16. The number of hydrogen-bond donors (Lipinski definition) is 2. The van der Waals surface area contributed by atoms with Gasteiger partial charge in [0, 0.05) is 21.8 Å². The minimum Gasteiger partial charge on any atom is -0.365 e. The lowest BCUT2D eigenvalue weighted by atomic mass is 10.1. The fourth-order valence-electron chi connectivity index (χ4n) is 1.75. The molecular weight excluding hydrogens is 316 g/mol. The summed E-state index contributed by atoms with van der Waals surface area (Å²) in [6.45, 7) is 8.35.